The van der Waals surface area contributed by atoms with Crippen molar-refractivity contribution in [3.63, 3.8) is 0 Å². The van der Waals surface area contributed by atoms with Crippen molar-refractivity contribution in [2.24, 2.45) is 5.92 Å². The lowest BCUT2D eigenvalue weighted by Crippen LogP contribution is -2.43. The van der Waals surface area contributed by atoms with E-state index in [1.165, 1.54) is 0 Å². The molecule has 0 unspecified atom stereocenters. The lowest BCUT2D eigenvalue weighted by Gasteiger charge is -2.31. The van der Waals surface area contributed by atoms with Gasteiger partial charge in [0.05, 0.1) is 33.1 Å². The Labute approximate surface area is 193 Å². The molecule has 3 heterocycles. The fourth-order valence-electron chi connectivity index (χ4n) is 3.98. The molecule has 0 spiro atoms. The summed E-state index contributed by atoms with van der Waals surface area (Å²) in [6.45, 7) is 4.22. The van der Waals surface area contributed by atoms with Gasteiger partial charge in [-0.3, -0.25) is 9.59 Å². The minimum atomic E-state index is -0.252. The first kappa shape index (κ1) is 21.9. The van der Waals surface area contributed by atoms with E-state index in [-0.39, 0.29) is 17.8 Å². The van der Waals surface area contributed by atoms with Crippen molar-refractivity contribution in [1.82, 2.24) is 9.47 Å². The van der Waals surface area contributed by atoms with Crippen molar-refractivity contribution in [2.45, 2.75) is 26.3 Å². The van der Waals surface area contributed by atoms with Crippen LogP contribution in [0.25, 0.3) is 10.2 Å². The van der Waals surface area contributed by atoms with E-state index in [1.807, 2.05) is 47.0 Å². The summed E-state index contributed by atoms with van der Waals surface area (Å²) in [5.41, 5.74) is 1.64. The third kappa shape index (κ3) is 4.96. The van der Waals surface area contributed by atoms with Crippen molar-refractivity contribution >= 4 is 49.4 Å². The molecule has 1 aromatic carbocycles. The van der Waals surface area contributed by atoms with Crippen molar-refractivity contribution in [2.75, 3.05) is 26.3 Å². The van der Waals surface area contributed by atoms with Crippen LogP contribution in [0.4, 0.5) is 0 Å². The number of carbonyl (C=O) groups excluding carboxylic acids is 2. The number of hydrogen-bond acceptors (Lipinski definition) is 5. The molecule has 1 aliphatic heterocycles. The third-order valence-electron chi connectivity index (χ3n) is 5.43. The second-order valence-corrected chi connectivity index (χ2v) is 9.95. The highest BCUT2D eigenvalue weighted by atomic mass is 79.9. The molecule has 31 heavy (non-hydrogen) atoms. The molecule has 3 aromatic rings. The summed E-state index contributed by atoms with van der Waals surface area (Å²) >= 11 is 5.15. The van der Waals surface area contributed by atoms with Gasteiger partial charge in [0, 0.05) is 13.1 Å². The molecule has 0 N–H and O–H groups in total. The molecular formula is C23H25BrN2O4S. The predicted octanol–water partition coefficient (Wildman–Crippen LogP) is 4.96. The van der Waals surface area contributed by atoms with E-state index in [4.69, 9.17) is 9.47 Å². The minimum Gasteiger partial charge on any atom is -0.492 e. The maximum Gasteiger partial charge on any atom is 0.310 e. The number of ether oxygens (including phenoxy) is 2. The highest BCUT2D eigenvalue weighted by molar-refractivity contribution is 9.11. The third-order valence-corrected chi connectivity index (χ3v) is 7.01. The molecule has 0 bridgehead atoms. The van der Waals surface area contributed by atoms with Crippen LogP contribution in [-0.4, -0.2) is 47.6 Å². The number of halogens is 1. The molecular weight excluding hydrogens is 480 g/mol. The number of amides is 1. The largest absolute Gasteiger partial charge is 0.492 e. The van der Waals surface area contributed by atoms with Crippen LogP contribution < -0.4 is 4.74 Å². The number of benzene rings is 1. The van der Waals surface area contributed by atoms with Crippen LogP contribution in [0, 0.1) is 5.92 Å². The number of hydrogen-bond donors (Lipinski definition) is 0. The summed E-state index contributed by atoms with van der Waals surface area (Å²) in [5, 5.41) is 0. The normalized spacial score (nSPS) is 16.5. The summed E-state index contributed by atoms with van der Waals surface area (Å²) in [6, 6.07) is 13.6. The van der Waals surface area contributed by atoms with Gasteiger partial charge in [-0.15, -0.1) is 11.3 Å². The highest BCUT2D eigenvalue weighted by Gasteiger charge is 2.31. The van der Waals surface area contributed by atoms with Gasteiger partial charge in [0.15, 0.2) is 0 Å². The Kier molecular flexibility index (Phi) is 6.97. The smallest absolute Gasteiger partial charge is 0.310 e. The Balaban J connectivity index is 1.53. The van der Waals surface area contributed by atoms with E-state index in [0.29, 0.717) is 38.5 Å². The van der Waals surface area contributed by atoms with Gasteiger partial charge in [0.1, 0.15) is 18.1 Å². The zero-order valence-electron chi connectivity index (χ0n) is 17.4. The molecule has 4 rings (SSSR count). The van der Waals surface area contributed by atoms with Gasteiger partial charge in [-0.05, 0) is 60.0 Å². The molecule has 8 heteroatoms. The maximum absolute atomic E-state index is 13.4. The lowest BCUT2D eigenvalue weighted by atomic mass is 9.98. The Morgan fingerprint density at radius 3 is 2.81 bits per heavy atom. The Bertz CT molecular complexity index is 1060. The summed E-state index contributed by atoms with van der Waals surface area (Å²) in [6.07, 6.45) is 1.56. The number of carbonyl (C=O) groups is 2. The molecule has 0 aliphatic carbocycles. The van der Waals surface area contributed by atoms with E-state index in [0.717, 1.165) is 32.6 Å². The second-order valence-electron chi connectivity index (χ2n) is 7.49. The van der Waals surface area contributed by atoms with Crippen LogP contribution in [-0.2, 0) is 16.1 Å². The summed E-state index contributed by atoms with van der Waals surface area (Å²) in [7, 11) is 0. The molecule has 1 fully saturated rings. The molecule has 1 saturated heterocycles. The number of rotatable bonds is 7. The first-order valence-electron chi connectivity index (χ1n) is 10.5. The van der Waals surface area contributed by atoms with Gasteiger partial charge in [-0.2, -0.15) is 0 Å². The number of likely N-dealkylation sites (tertiary alicyclic amines) is 1. The van der Waals surface area contributed by atoms with E-state index < -0.39 is 0 Å². The van der Waals surface area contributed by atoms with Crippen LogP contribution in [0.1, 0.15) is 30.3 Å². The quantitative estimate of drug-likeness (QED) is 0.426. The van der Waals surface area contributed by atoms with Crippen molar-refractivity contribution in [3.05, 3.63) is 51.9 Å². The van der Waals surface area contributed by atoms with Gasteiger partial charge in [0.2, 0.25) is 0 Å². The average molecular weight is 505 g/mol. The van der Waals surface area contributed by atoms with Crippen molar-refractivity contribution in [3.8, 4) is 5.75 Å². The molecule has 1 atom stereocenters. The number of fused-ring (bicyclic) bond motifs is 1. The lowest BCUT2D eigenvalue weighted by molar-refractivity contribution is -0.149. The Morgan fingerprint density at radius 1 is 1.23 bits per heavy atom. The van der Waals surface area contributed by atoms with Crippen LogP contribution in [0.15, 0.2) is 46.3 Å². The predicted molar refractivity (Wildman–Crippen MR) is 125 cm³/mol. The number of thiophene rings is 1. The molecule has 164 valence electrons. The van der Waals surface area contributed by atoms with Crippen LogP contribution in [0.5, 0.6) is 5.75 Å². The topological polar surface area (TPSA) is 60.8 Å². The van der Waals surface area contributed by atoms with Gasteiger partial charge in [-0.25, -0.2) is 0 Å². The van der Waals surface area contributed by atoms with Crippen LogP contribution >= 0.6 is 27.3 Å². The van der Waals surface area contributed by atoms with Gasteiger partial charge in [-0.1, -0.05) is 18.2 Å². The molecule has 0 radical (unpaired) electrons. The SMILES string of the molecule is CCOC(=O)[C@H]1CCCN(C(=O)c2cc3sc(Br)cc3n2CCOc2ccccc2)C1. The summed E-state index contributed by atoms with van der Waals surface area (Å²) in [5.74, 6) is 0.293. The first-order valence-corrected chi connectivity index (χ1v) is 12.1. The van der Waals surface area contributed by atoms with E-state index in [1.54, 1.807) is 23.2 Å². The van der Waals surface area contributed by atoms with Gasteiger partial charge < -0.3 is 18.9 Å². The van der Waals surface area contributed by atoms with E-state index in [2.05, 4.69) is 15.9 Å². The second kappa shape index (κ2) is 9.87. The summed E-state index contributed by atoms with van der Waals surface area (Å²) < 4.78 is 15.2. The number of nitrogens with zero attached hydrogens (tertiary/aromatic N) is 2. The number of esters is 1. The van der Waals surface area contributed by atoms with Gasteiger partial charge in [0.25, 0.3) is 5.91 Å². The van der Waals surface area contributed by atoms with E-state index >= 15 is 0 Å². The zero-order chi connectivity index (χ0) is 21.8. The average Bonchev–Trinajstić information content (AvgIpc) is 3.31. The fourth-order valence-corrected chi connectivity index (χ4v) is 5.54. The highest BCUT2D eigenvalue weighted by Crippen LogP contribution is 2.33. The Morgan fingerprint density at radius 2 is 2.03 bits per heavy atom. The number of aromatic nitrogens is 1. The first-order chi connectivity index (χ1) is 15.1. The van der Waals surface area contributed by atoms with Crippen LogP contribution in [0.3, 0.4) is 0 Å². The summed E-state index contributed by atoms with van der Waals surface area (Å²) in [4.78, 5) is 27.4. The monoisotopic (exact) mass is 504 g/mol. The van der Waals surface area contributed by atoms with Crippen molar-refractivity contribution < 1.29 is 19.1 Å². The maximum atomic E-state index is 13.4. The number of piperidine rings is 1. The Hall–Kier alpha value is -2.32. The molecule has 1 aliphatic rings. The minimum absolute atomic E-state index is 0.0479. The molecule has 0 saturated carbocycles. The zero-order valence-corrected chi connectivity index (χ0v) is 19.8. The van der Waals surface area contributed by atoms with Crippen LogP contribution in [0.2, 0.25) is 0 Å². The molecule has 1 amide bonds. The fraction of sp³-hybridized carbons (Fsp3) is 0.391. The molecule has 2 aromatic heterocycles. The van der Waals surface area contributed by atoms with Crippen molar-refractivity contribution in [1.29, 1.82) is 0 Å². The van der Waals surface area contributed by atoms with Gasteiger partial charge >= 0.3 is 5.97 Å². The number of para-hydroxylation sites is 1. The standard InChI is InChI=1S/C23H25BrN2O4S/c1-2-29-23(28)16-7-6-10-25(15-16)22(27)19-13-20-18(14-21(24)31-20)26(19)11-12-30-17-8-4-3-5-9-17/h3-5,8-9,13-14,16H,2,6-7,10-12,15H2,1H3/t16-/m0/s1. The molecule has 6 nitrogen and oxygen atoms in total. The van der Waals surface area contributed by atoms with E-state index in [9.17, 15) is 9.59 Å².